The minimum Gasteiger partial charge on any atom is -0.497 e. The minimum atomic E-state index is 0.135. The molecule has 1 heterocycles. The lowest BCUT2D eigenvalue weighted by atomic mass is 10.1. The first kappa shape index (κ1) is 15.0. The third kappa shape index (κ3) is 2.71. The van der Waals surface area contributed by atoms with Crippen molar-refractivity contribution in [1.82, 2.24) is 0 Å². The highest BCUT2D eigenvalue weighted by Gasteiger charge is 2.25. The van der Waals surface area contributed by atoms with Crippen LogP contribution in [0.15, 0.2) is 48.0 Å². The molecule has 0 radical (unpaired) electrons. The Bertz CT molecular complexity index is 799. The number of ether oxygens (including phenoxy) is 1. The number of hydrogen-bond acceptors (Lipinski definition) is 3. The molecular formula is C21H21NO2. The van der Waals surface area contributed by atoms with Gasteiger partial charge in [-0.3, -0.25) is 4.79 Å². The molecule has 122 valence electrons. The number of carbonyl (C=O) groups excluding carboxylic acids is 1. The van der Waals surface area contributed by atoms with E-state index in [1.165, 1.54) is 18.5 Å². The van der Waals surface area contributed by atoms with Crippen LogP contribution in [0.1, 0.15) is 34.3 Å². The fourth-order valence-corrected chi connectivity index (χ4v) is 3.60. The number of Topliss-reactive ketones (excluding diaryl/α,β-unsaturated/α-hetero) is 1. The average Bonchev–Trinajstić information content (AvgIpc) is 3.25. The van der Waals surface area contributed by atoms with Gasteiger partial charge < -0.3 is 9.64 Å². The molecular weight excluding hydrogens is 298 g/mol. The summed E-state index contributed by atoms with van der Waals surface area (Å²) < 4.78 is 5.25. The summed E-state index contributed by atoms with van der Waals surface area (Å²) in [6.45, 7) is 2.30. The maximum atomic E-state index is 12.6. The van der Waals surface area contributed by atoms with Crippen LogP contribution in [0.2, 0.25) is 0 Å². The molecule has 1 fully saturated rings. The van der Waals surface area contributed by atoms with Gasteiger partial charge in [-0.1, -0.05) is 12.1 Å². The summed E-state index contributed by atoms with van der Waals surface area (Å²) in [5.74, 6) is 0.939. The van der Waals surface area contributed by atoms with Crippen molar-refractivity contribution in [1.29, 1.82) is 0 Å². The molecule has 2 aromatic rings. The quantitative estimate of drug-likeness (QED) is 0.797. The van der Waals surface area contributed by atoms with Gasteiger partial charge >= 0.3 is 0 Å². The van der Waals surface area contributed by atoms with E-state index in [9.17, 15) is 4.79 Å². The standard InChI is InChI=1S/C21H21NO2/c1-24-19-8-9-20-16(14-19)13-17(21(20)23)12-15-4-6-18(7-5-15)22-10-2-3-11-22/h4-9,12,14H,2-3,10-11,13H2,1H3/b17-12-. The summed E-state index contributed by atoms with van der Waals surface area (Å²) in [4.78, 5) is 15.0. The third-order valence-electron chi connectivity index (χ3n) is 4.93. The molecule has 1 saturated heterocycles. The maximum absolute atomic E-state index is 12.6. The predicted octanol–water partition coefficient (Wildman–Crippen LogP) is 4.12. The van der Waals surface area contributed by atoms with Crippen LogP contribution in [0, 0.1) is 0 Å². The predicted molar refractivity (Wildman–Crippen MR) is 96.9 cm³/mol. The molecule has 0 spiro atoms. The Morgan fingerprint density at radius 1 is 1.04 bits per heavy atom. The van der Waals surface area contributed by atoms with Crippen LogP contribution in [0.3, 0.4) is 0 Å². The first-order valence-electron chi connectivity index (χ1n) is 8.52. The van der Waals surface area contributed by atoms with Crippen LogP contribution in [0.5, 0.6) is 5.75 Å². The zero-order valence-corrected chi connectivity index (χ0v) is 13.9. The lowest BCUT2D eigenvalue weighted by molar-refractivity contribution is 0.104. The van der Waals surface area contributed by atoms with E-state index in [-0.39, 0.29) is 5.78 Å². The number of carbonyl (C=O) groups is 1. The maximum Gasteiger partial charge on any atom is 0.189 e. The largest absolute Gasteiger partial charge is 0.497 e. The lowest BCUT2D eigenvalue weighted by Crippen LogP contribution is -2.17. The van der Waals surface area contributed by atoms with Gasteiger partial charge in [0.15, 0.2) is 5.78 Å². The molecule has 0 bridgehead atoms. The molecule has 4 rings (SSSR count). The van der Waals surface area contributed by atoms with Gasteiger partial charge in [0.25, 0.3) is 0 Å². The zero-order valence-electron chi connectivity index (χ0n) is 13.9. The molecule has 1 aliphatic carbocycles. The van der Waals surface area contributed by atoms with Crippen LogP contribution in [0.4, 0.5) is 5.69 Å². The number of rotatable bonds is 3. The molecule has 2 aromatic carbocycles. The Kier molecular flexibility index (Phi) is 3.85. The number of allylic oxidation sites excluding steroid dienone is 1. The number of methoxy groups -OCH3 is 1. The molecule has 1 aliphatic heterocycles. The number of fused-ring (bicyclic) bond motifs is 1. The summed E-state index contributed by atoms with van der Waals surface area (Å²) in [6.07, 6.45) is 5.26. The Hall–Kier alpha value is -2.55. The molecule has 0 amide bonds. The van der Waals surface area contributed by atoms with Gasteiger partial charge in [-0.15, -0.1) is 0 Å². The number of benzene rings is 2. The molecule has 0 saturated carbocycles. The SMILES string of the molecule is COc1ccc2c(c1)C/C(=C/c1ccc(N3CCCC3)cc1)C2=O. The highest BCUT2D eigenvalue weighted by Crippen LogP contribution is 2.31. The zero-order chi connectivity index (χ0) is 16.5. The molecule has 0 unspecified atom stereocenters. The van der Waals surface area contributed by atoms with Gasteiger partial charge in [0, 0.05) is 36.3 Å². The molecule has 3 nitrogen and oxygen atoms in total. The molecule has 3 heteroatoms. The first-order chi connectivity index (χ1) is 11.7. The summed E-state index contributed by atoms with van der Waals surface area (Å²) in [7, 11) is 1.65. The van der Waals surface area contributed by atoms with Crippen molar-refractivity contribution in [2.24, 2.45) is 0 Å². The van der Waals surface area contributed by atoms with Gasteiger partial charge in [0.05, 0.1) is 7.11 Å². The van der Waals surface area contributed by atoms with Crippen LogP contribution in [-0.4, -0.2) is 26.0 Å². The van der Waals surface area contributed by atoms with E-state index in [0.29, 0.717) is 6.42 Å². The fourth-order valence-electron chi connectivity index (χ4n) is 3.60. The molecule has 0 aromatic heterocycles. The van der Waals surface area contributed by atoms with Crippen molar-refractivity contribution in [3.63, 3.8) is 0 Å². The number of hydrogen-bond donors (Lipinski definition) is 0. The molecule has 2 aliphatic rings. The normalized spacial score (nSPS) is 18.3. The first-order valence-corrected chi connectivity index (χ1v) is 8.52. The summed E-state index contributed by atoms with van der Waals surface area (Å²) in [5, 5.41) is 0. The highest BCUT2D eigenvalue weighted by atomic mass is 16.5. The minimum absolute atomic E-state index is 0.135. The van der Waals surface area contributed by atoms with E-state index < -0.39 is 0 Å². The second-order valence-corrected chi connectivity index (χ2v) is 6.48. The van der Waals surface area contributed by atoms with Gasteiger partial charge in [-0.25, -0.2) is 0 Å². The van der Waals surface area contributed by atoms with E-state index in [2.05, 4.69) is 29.2 Å². The van der Waals surface area contributed by atoms with Crippen LogP contribution in [-0.2, 0) is 6.42 Å². The van der Waals surface area contributed by atoms with Crippen molar-refractivity contribution in [2.45, 2.75) is 19.3 Å². The Morgan fingerprint density at radius 2 is 1.79 bits per heavy atom. The second-order valence-electron chi connectivity index (χ2n) is 6.48. The summed E-state index contributed by atoms with van der Waals surface area (Å²) in [6, 6.07) is 14.2. The average molecular weight is 319 g/mol. The van der Waals surface area contributed by atoms with Gasteiger partial charge in [0.2, 0.25) is 0 Å². The Labute approximate surface area is 142 Å². The number of ketones is 1. The van der Waals surface area contributed by atoms with E-state index in [0.717, 1.165) is 41.1 Å². The van der Waals surface area contributed by atoms with Gasteiger partial charge in [-0.05, 0) is 60.4 Å². The van der Waals surface area contributed by atoms with E-state index in [1.54, 1.807) is 7.11 Å². The molecule has 24 heavy (non-hydrogen) atoms. The smallest absolute Gasteiger partial charge is 0.189 e. The van der Waals surface area contributed by atoms with Crippen LogP contribution >= 0.6 is 0 Å². The highest BCUT2D eigenvalue weighted by molar-refractivity contribution is 6.15. The number of anilines is 1. The molecule has 0 N–H and O–H groups in total. The van der Waals surface area contributed by atoms with Crippen molar-refractivity contribution in [3.05, 3.63) is 64.7 Å². The van der Waals surface area contributed by atoms with E-state index >= 15 is 0 Å². The Morgan fingerprint density at radius 3 is 2.50 bits per heavy atom. The summed E-state index contributed by atoms with van der Waals surface area (Å²) >= 11 is 0. The van der Waals surface area contributed by atoms with Gasteiger partial charge in [-0.2, -0.15) is 0 Å². The van der Waals surface area contributed by atoms with Crippen molar-refractivity contribution < 1.29 is 9.53 Å². The van der Waals surface area contributed by atoms with E-state index in [1.807, 2.05) is 24.3 Å². The van der Waals surface area contributed by atoms with E-state index in [4.69, 9.17) is 4.74 Å². The van der Waals surface area contributed by atoms with Crippen LogP contribution in [0.25, 0.3) is 6.08 Å². The third-order valence-corrected chi connectivity index (χ3v) is 4.93. The number of nitrogens with zero attached hydrogens (tertiary/aromatic N) is 1. The van der Waals surface area contributed by atoms with Crippen molar-refractivity contribution in [3.8, 4) is 5.75 Å². The monoisotopic (exact) mass is 319 g/mol. The Balaban J connectivity index is 1.56. The summed E-state index contributed by atoms with van der Waals surface area (Å²) in [5.41, 5.74) is 5.07. The molecule has 0 atom stereocenters. The fraction of sp³-hybridized carbons (Fsp3) is 0.286. The lowest BCUT2D eigenvalue weighted by Gasteiger charge is -2.17. The van der Waals surface area contributed by atoms with Gasteiger partial charge in [0.1, 0.15) is 5.75 Å². The topological polar surface area (TPSA) is 29.5 Å². The second kappa shape index (κ2) is 6.16. The van der Waals surface area contributed by atoms with Crippen molar-refractivity contribution in [2.75, 3.05) is 25.1 Å². The van der Waals surface area contributed by atoms with Crippen molar-refractivity contribution >= 4 is 17.5 Å². The van der Waals surface area contributed by atoms with Crippen LogP contribution < -0.4 is 9.64 Å².